The maximum Gasteiger partial charge on any atom is 0.126 e. The van der Waals surface area contributed by atoms with Gasteiger partial charge < -0.3 is 10.4 Å². The van der Waals surface area contributed by atoms with Gasteiger partial charge in [-0.2, -0.15) is 0 Å². The second kappa shape index (κ2) is 3.79. The van der Waals surface area contributed by atoms with Crippen molar-refractivity contribution in [3.05, 3.63) is 35.1 Å². The highest BCUT2D eigenvalue weighted by Gasteiger charge is 2.43. The van der Waals surface area contributed by atoms with Gasteiger partial charge in [0.1, 0.15) is 5.82 Å². The van der Waals surface area contributed by atoms with Crippen molar-refractivity contribution in [3.8, 4) is 0 Å². The molecule has 0 aromatic heterocycles. The van der Waals surface area contributed by atoms with Gasteiger partial charge in [-0.05, 0) is 49.8 Å². The van der Waals surface area contributed by atoms with E-state index in [1.807, 2.05) is 6.07 Å². The molecule has 2 N–H and O–H groups in total. The van der Waals surface area contributed by atoms with E-state index in [0.29, 0.717) is 30.5 Å². The molecule has 0 aliphatic carbocycles. The molecule has 3 heteroatoms. The van der Waals surface area contributed by atoms with Crippen molar-refractivity contribution in [1.29, 1.82) is 0 Å². The minimum Gasteiger partial charge on any atom is -0.385 e. The Morgan fingerprint density at radius 1 is 1.29 bits per heavy atom. The SMILES string of the molecule is Cc1ccc(C2(O)CC3CCC(C2)N3)cc1F. The van der Waals surface area contributed by atoms with Gasteiger partial charge in [-0.15, -0.1) is 0 Å². The summed E-state index contributed by atoms with van der Waals surface area (Å²) < 4.78 is 13.6. The molecule has 2 bridgehead atoms. The Hall–Kier alpha value is -0.930. The van der Waals surface area contributed by atoms with Crippen LogP contribution in [0.3, 0.4) is 0 Å². The Bertz CT molecular complexity index is 434. The first-order valence-electron chi connectivity index (χ1n) is 6.32. The zero-order valence-electron chi connectivity index (χ0n) is 10.0. The number of hydrogen-bond donors (Lipinski definition) is 2. The number of halogens is 1. The molecule has 2 atom stereocenters. The van der Waals surface area contributed by atoms with Gasteiger partial charge >= 0.3 is 0 Å². The number of fused-ring (bicyclic) bond motifs is 2. The molecule has 1 aromatic carbocycles. The lowest BCUT2D eigenvalue weighted by molar-refractivity contribution is -0.0117. The standard InChI is InChI=1S/C14H18FNO/c1-9-2-3-10(6-13(9)15)14(17)7-11-4-5-12(8-14)16-11/h2-3,6,11-12,16-17H,4-5,7-8H2,1H3. The summed E-state index contributed by atoms with van der Waals surface area (Å²) in [4.78, 5) is 0. The summed E-state index contributed by atoms with van der Waals surface area (Å²) in [5, 5.41) is 14.2. The van der Waals surface area contributed by atoms with Crippen LogP contribution in [0.15, 0.2) is 18.2 Å². The first kappa shape index (κ1) is 11.2. The van der Waals surface area contributed by atoms with Crippen molar-refractivity contribution in [3.63, 3.8) is 0 Å². The van der Waals surface area contributed by atoms with Crippen LogP contribution in [-0.2, 0) is 5.60 Å². The van der Waals surface area contributed by atoms with E-state index in [1.54, 1.807) is 13.0 Å². The van der Waals surface area contributed by atoms with Crippen molar-refractivity contribution in [1.82, 2.24) is 5.32 Å². The molecule has 0 saturated carbocycles. The van der Waals surface area contributed by atoms with Crippen LogP contribution in [0.4, 0.5) is 4.39 Å². The normalized spacial score (nSPS) is 36.2. The van der Waals surface area contributed by atoms with E-state index in [-0.39, 0.29) is 5.82 Å². The molecule has 0 radical (unpaired) electrons. The molecule has 2 heterocycles. The summed E-state index contributed by atoms with van der Waals surface area (Å²) in [7, 11) is 0. The fourth-order valence-corrected chi connectivity index (χ4v) is 3.24. The van der Waals surface area contributed by atoms with E-state index in [1.165, 1.54) is 6.07 Å². The number of nitrogens with one attached hydrogen (secondary N) is 1. The topological polar surface area (TPSA) is 32.3 Å². The molecule has 2 aliphatic heterocycles. The highest BCUT2D eigenvalue weighted by atomic mass is 19.1. The number of benzene rings is 1. The lowest BCUT2D eigenvalue weighted by atomic mass is 9.81. The minimum absolute atomic E-state index is 0.221. The lowest BCUT2D eigenvalue weighted by Gasteiger charge is -2.37. The number of rotatable bonds is 1. The first-order valence-corrected chi connectivity index (χ1v) is 6.32. The number of piperidine rings is 1. The molecule has 2 unspecified atom stereocenters. The van der Waals surface area contributed by atoms with E-state index in [0.717, 1.165) is 18.4 Å². The van der Waals surface area contributed by atoms with Crippen LogP contribution in [0.1, 0.15) is 36.8 Å². The summed E-state index contributed by atoms with van der Waals surface area (Å²) in [6, 6.07) is 5.90. The van der Waals surface area contributed by atoms with Gasteiger partial charge in [0, 0.05) is 12.1 Å². The Kier molecular flexibility index (Phi) is 2.49. The van der Waals surface area contributed by atoms with Crippen LogP contribution >= 0.6 is 0 Å². The number of aryl methyl sites for hydroxylation is 1. The lowest BCUT2D eigenvalue weighted by Crippen LogP contribution is -2.46. The predicted molar refractivity (Wildman–Crippen MR) is 64.2 cm³/mol. The van der Waals surface area contributed by atoms with Crippen LogP contribution in [0.5, 0.6) is 0 Å². The van der Waals surface area contributed by atoms with E-state index >= 15 is 0 Å². The summed E-state index contributed by atoms with van der Waals surface area (Å²) in [6.07, 6.45) is 3.65. The maximum absolute atomic E-state index is 13.6. The molecule has 92 valence electrons. The molecule has 2 saturated heterocycles. The monoisotopic (exact) mass is 235 g/mol. The Labute approximate surface area is 101 Å². The average Bonchev–Trinajstić information content (AvgIpc) is 2.62. The Balaban J connectivity index is 1.94. The fourth-order valence-electron chi connectivity index (χ4n) is 3.24. The van der Waals surface area contributed by atoms with Crippen LogP contribution in [0.2, 0.25) is 0 Å². The van der Waals surface area contributed by atoms with Crippen molar-refractivity contribution in [2.75, 3.05) is 0 Å². The molecule has 3 rings (SSSR count). The van der Waals surface area contributed by atoms with Crippen molar-refractivity contribution < 1.29 is 9.50 Å². The van der Waals surface area contributed by atoms with Gasteiger partial charge in [0.05, 0.1) is 5.60 Å². The Morgan fingerprint density at radius 2 is 1.94 bits per heavy atom. The van der Waals surface area contributed by atoms with Crippen LogP contribution in [0, 0.1) is 12.7 Å². The van der Waals surface area contributed by atoms with Crippen LogP contribution in [0.25, 0.3) is 0 Å². The second-order valence-corrected chi connectivity index (χ2v) is 5.54. The molecule has 2 aliphatic rings. The molecule has 2 nitrogen and oxygen atoms in total. The van der Waals surface area contributed by atoms with E-state index in [9.17, 15) is 9.50 Å². The third kappa shape index (κ3) is 1.87. The quantitative estimate of drug-likeness (QED) is 0.782. The van der Waals surface area contributed by atoms with Crippen molar-refractivity contribution >= 4 is 0 Å². The number of aliphatic hydroxyl groups is 1. The van der Waals surface area contributed by atoms with Gasteiger partial charge in [0.2, 0.25) is 0 Å². The zero-order valence-corrected chi connectivity index (χ0v) is 10.0. The molecular weight excluding hydrogens is 217 g/mol. The maximum atomic E-state index is 13.6. The second-order valence-electron chi connectivity index (χ2n) is 5.54. The number of hydrogen-bond acceptors (Lipinski definition) is 2. The third-order valence-corrected chi connectivity index (χ3v) is 4.21. The van der Waals surface area contributed by atoms with Gasteiger partial charge in [-0.3, -0.25) is 0 Å². The average molecular weight is 235 g/mol. The fraction of sp³-hybridized carbons (Fsp3) is 0.571. The molecule has 0 amide bonds. The van der Waals surface area contributed by atoms with E-state index in [4.69, 9.17) is 0 Å². The zero-order chi connectivity index (χ0) is 12.0. The van der Waals surface area contributed by atoms with Gasteiger partial charge in [-0.25, -0.2) is 4.39 Å². The minimum atomic E-state index is -0.842. The third-order valence-electron chi connectivity index (χ3n) is 4.21. The first-order chi connectivity index (χ1) is 8.07. The summed E-state index contributed by atoms with van der Waals surface area (Å²) in [6.45, 7) is 1.75. The molecule has 0 spiro atoms. The highest BCUT2D eigenvalue weighted by Crippen LogP contribution is 2.40. The Morgan fingerprint density at radius 3 is 2.53 bits per heavy atom. The highest BCUT2D eigenvalue weighted by molar-refractivity contribution is 5.29. The van der Waals surface area contributed by atoms with Gasteiger partial charge in [-0.1, -0.05) is 12.1 Å². The summed E-state index contributed by atoms with van der Waals surface area (Å²) in [5.41, 5.74) is 0.527. The molecular formula is C14H18FNO. The predicted octanol–water partition coefficient (Wildman–Crippen LogP) is 2.24. The van der Waals surface area contributed by atoms with E-state index < -0.39 is 5.60 Å². The smallest absolute Gasteiger partial charge is 0.126 e. The van der Waals surface area contributed by atoms with Crippen molar-refractivity contribution in [2.24, 2.45) is 0 Å². The van der Waals surface area contributed by atoms with Crippen molar-refractivity contribution in [2.45, 2.75) is 50.3 Å². The summed E-state index contributed by atoms with van der Waals surface area (Å²) >= 11 is 0. The van der Waals surface area contributed by atoms with E-state index in [2.05, 4.69) is 5.32 Å². The molecule has 17 heavy (non-hydrogen) atoms. The summed E-state index contributed by atoms with van der Waals surface area (Å²) in [5.74, 6) is -0.221. The van der Waals surface area contributed by atoms with Crippen LogP contribution < -0.4 is 5.32 Å². The van der Waals surface area contributed by atoms with Gasteiger partial charge in [0.25, 0.3) is 0 Å². The van der Waals surface area contributed by atoms with Gasteiger partial charge in [0.15, 0.2) is 0 Å². The largest absolute Gasteiger partial charge is 0.385 e. The molecule has 2 fully saturated rings. The molecule has 1 aromatic rings. The van der Waals surface area contributed by atoms with Crippen LogP contribution in [-0.4, -0.2) is 17.2 Å².